The first kappa shape index (κ1) is 14.8. The Labute approximate surface area is 131 Å². The average molecular weight is 304 g/mol. The van der Waals surface area contributed by atoms with Crippen LogP contribution in [0.2, 0.25) is 0 Å². The van der Waals surface area contributed by atoms with E-state index in [1.54, 1.807) is 0 Å². The van der Waals surface area contributed by atoms with E-state index in [0.717, 1.165) is 24.0 Å². The van der Waals surface area contributed by atoms with Crippen molar-refractivity contribution in [2.24, 2.45) is 10.4 Å². The van der Waals surface area contributed by atoms with E-state index in [1.165, 1.54) is 37.9 Å². The number of ether oxygens (including phenoxy) is 1. The molecule has 1 aliphatic carbocycles. The molecule has 3 nitrogen and oxygen atoms in total. The molecule has 1 aliphatic heterocycles. The van der Waals surface area contributed by atoms with Gasteiger partial charge in [-0.25, -0.2) is 0 Å². The van der Waals surface area contributed by atoms with Gasteiger partial charge in [0, 0.05) is 12.3 Å². The molecule has 4 heteroatoms. The van der Waals surface area contributed by atoms with Gasteiger partial charge in [0.2, 0.25) is 0 Å². The van der Waals surface area contributed by atoms with E-state index in [4.69, 9.17) is 9.73 Å². The normalized spacial score (nSPS) is 20.9. The summed E-state index contributed by atoms with van der Waals surface area (Å²) >= 11 is 1.90. The quantitative estimate of drug-likeness (QED) is 0.861. The molecule has 1 heterocycles. The van der Waals surface area contributed by atoms with Gasteiger partial charge >= 0.3 is 0 Å². The van der Waals surface area contributed by atoms with Crippen molar-refractivity contribution in [1.29, 1.82) is 0 Å². The minimum Gasteiger partial charge on any atom is -0.492 e. The second-order valence-corrected chi connectivity index (χ2v) is 7.02. The summed E-state index contributed by atoms with van der Waals surface area (Å²) in [6.45, 7) is 2.50. The van der Waals surface area contributed by atoms with Crippen LogP contribution in [0.1, 0.15) is 32.1 Å². The fourth-order valence-electron chi connectivity index (χ4n) is 3.11. The molecule has 1 saturated carbocycles. The van der Waals surface area contributed by atoms with Crippen LogP contribution in [0.15, 0.2) is 35.3 Å². The van der Waals surface area contributed by atoms with E-state index in [2.05, 4.69) is 5.32 Å². The maximum Gasteiger partial charge on any atom is 0.156 e. The fraction of sp³-hybridized carbons (Fsp3) is 0.588. The zero-order valence-corrected chi connectivity index (χ0v) is 13.3. The summed E-state index contributed by atoms with van der Waals surface area (Å²) in [6, 6.07) is 9.96. The molecule has 0 aromatic heterocycles. The number of thioether (sulfide) groups is 1. The van der Waals surface area contributed by atoms with Crippen LogP contribution in [0.3, 0.4) is 0 Å². The molecule has 1 aromatic rings. The third-order valence-electron chi connectivity index (χ3n) is 4.38. The molecule has 114 valence electrons. The van der Waals surface area contributed by atoms with Gasteiger partial charge in [-0.3, -0.25) is 4.99 Å². The summed E-state index contributed by atoms with van der Waals surface area (Å²) in [5.74, 6) is 2.16. The van der Waals surface area contributed by atoms with Crippen LogP contribution in [0.25, 0.3) is 0 Å². The third-order valence-corrected chi connectivity index (χ3v) is 5.68. The van der Waals surface area contributed by atoms with Gasteiger partial charge in [-0.05, 0) is 30.4 Å². The summed E-state index contributed by atoms with van der Waals surface area (Å²) in [7, 11) is 0. The minimum absolute atomic E-state index is 0.509. The monoisotopic (exact) mass is 304 g/mol. The highest BCUT2D eigenvalue weighted by Crippen LogP contribution is 2.41. The SMILES string of the molecule is c1ccc(OCCNC2=NCC3(CCCCC3)CS2)cc1. The molecule has 0 bridgehead atoms. The number of nitrogens with zero attached hydrogens (tertiary/aromatic N) is 1. The molecule has 0 saturated heterocycles. The molecule has 21 heavy (non-hydrogen) atoms. The van der Waals surface area contributed by atoms with Gasteiger partial charge in [-0.15, -0.1) is 0 Å². The Bertz CT molecular complexity index is 469. The van der Waals surface area contributed by atoms with Gasteiger partial charge in [0.05, 0.1) is 6.54 Å². The third kappa shape index (κ3) is 4.16. The molecule has 0 amide bonds. The molecule has 1 fully saturated rings. The molecule has 2 aliphatic rings. The number of aliphatic imine (C=N–C) groups is 1. The predicted octanol–water partition coefficient (Wildman–Crippen LogP) is 3.71. The molecule has 1 aromatic carbocycles. The van der Waals surface area contributed by atoms with E-state index >= 15 is 0 Å². The first-order valence-electron chi connectivity index (χ1n) is 7.95. The molecule has 1 spiro atoms. The summed E-state index contributed by atoms with van der Waals surface area (Å²) < 4.78 is 5.68. The highest BCUT2D eigenvalue weighted by atomic mass is 32.2. The lowest BCUT2D eigenvalue weighted by molar-refractivity contribution is 0.232. The number of nitrogens with one attached hydrogen (secondary N) is 1. The first-order valence-corrected chi connectivity index (χ1v) is 8.94. The summed E-state index contributed by atoms with van der Waals surface area (Å²) in [5, 5.41) is 4.50. The standard InChI is InChI=1S/C17H24N2OS/c1-3-7-15(8-4-1)20-12-11-18-16-19-13-17(14-21-16)9-5-2-6-10-17/h1,3-4,7-8H,2,5-6,9-14H2,(H,18,19). The average Bonchev–Trinajstić information content (AvgIpc) is 2.55. The summed E-state index contributed by atoms with van der Waals surface area (Å²) in [5.41, 5.74) is 0.509. The van der Waals surface area contributed by atoms with Gasteiger partial charge < -0.3 is 10.1 Å². The first-order chi connectivity index (χ1) is 10.4. The van der Waals surface area contributed by atoms with E-state index < -0.39 is 0 Å². The van der Waals surface area contributed by atoms with Crippen molar-refractivity contribution < 1.29 is 4.74 Å². The highest BCUT2D eigenvalue weighted by Gasteiger charge is 2.34. The lowest BCUT2D eigenvalue weighted by atomic mass is 9.75. The lowest BCUT2D eigenvalue weighted by Gasteiger charge is -2.38. The Kier molecular flexibility index (Phi) is 5.07. The van der Waals surface area contributed by atoms with Crippen molar-refractivity contribution in [3.63, 3.8) is 0 Å². The molecular formula is C17H24N2OS. The Morgan fingerprint density at radius 3 is 2.67 bits per heavy atom. The second kappa shape index (κ2) is 7.21. The summed E-state index contributed by atoms with van der Waals surface area (Å²) in [4.78, 5) is 4.76. The molecular weight excluding hydrogens is 280 g/mol. The Morgan fingerprint density at radius 1 is 1.14 bits per heavy atom. The fourth-order valence-corrected chi connectivity index (χ4v) is 4.29. The van der Waals surface area contributed by atoms with Crippen LogP contribution in [0.4, 0.5) is 0 Å². The number of rotatable bonds is 4. The van der Waals surface area contributed by atoms with E-state index in [9.17, 15) is 0 Å². The number of para-hydroxylation sites is 1. The number of hydrogen-bond acceptors (Lipinski definition) is 4. The van der Waals surface area contributed by atoms with Crippen molar-refractivity contribution in [2.75, 3.05) is 25.4 Å². The molecule has 3 rings (SSSR count). The molecule has 0 unspecified atom stereocenters. The van der Waals surface area contributed by atoms with Crippen LogP contribution in [0, 0.1) is 5.41 Å². The van der Waals surface area contributed by atoms with Crippen molar-refractivity contribution in [1.82, 2.24) is 5.32 Å². The zero-order chi connectivity index (χ0) is 14.4. The van der Waals surface area contributed by atoms with Crippen molar-refractivity contribution in [3.8, 4) is 5.75 Å². The maximum absolute atomic E-state index is 5.68. The minimum atomic E-state index is 0.509. The Balaban J connectivity index is 1.38. The van der Waals surface area contributed by atoms with Gasteiger partial charge in [0.25, 0.3) is 0 Å². The van der Waals surface area contributed by atoms with E-state index in [-0.39, 0.29) is 0 Å². The molecule has 1 N–H and O–H groups in total. The number of amidine groups is 1. The van der Waals surface area contributed by atoms with Gasteiger partial charge in [0.15, 0.2) is 5.17 Å². The summed E-state index contributed by atoms with van der Waals surface area (Å²) in [6.07, 6.45) is 6.94. The zero-order valence-electron chi connectivity index (χ0n) is 12.5. The smallest absolute Gasteiger partial charge is 0.156 e. The molecule has 0 radical (unpaired) electrons. The van der Waals surface area contributed by atoms with Crippen LogP contribution >= 0.6 is 11.8 Å². The Hall–Kier alpha value is -1.16. The maximum atomic E-state index is 5.68. The highest BCUT2D eigenvalue weighted by molar-refractivity contribution is 8.13. The van der Waals surface area contributed by atoms with Crippen molar-refractivity contribution in [2.45, 2.75) is 32.1 Å². The van der Waals surface area contributed by atoms with Crippen molar-refractivity contribution in [3.05, 3.63) is 30.3 Å². The van der Waals surface area contributed by atoms with Crippen LogP contribution < -0.4 is 10.1 Å². The lowest BCUT2D eigenvalue weighted by Crippen LogP contribution is -2.37. The number of benzene rings is 1. The van der Waals surface area contributed by atoms with E-state index in [0.29, 0.717) is 12.0 Å². The van der Waals surface area contributed by atoms with Crippen LogP contribution in [-0.4, -0.2) is 30.6 Å². The predicted molar refractivity (Wildman–Crippen MR) is 90.2 cm³/mol. The van der Waals surface area contributed by atoms with E-state index in [1.807, 2.05) is 42.1 Å². The van der Waals surface area contributed by atoms with Gasteiger partial charge in [0.1, 0.15) is 12.4 Å². The number of hydrogen-bond donors (Lipinski definition) is 1. The van der Waals surface area contributed by atoms with Gasteiger partial charge in [-0.1, -0.05) is 49.2 Å². The largest absolute Gasteiger partial charge is 0.492 e. The van der Waals surface area contributed by atoms with Crippen molar-refractivity contribution >= 4 is 16.9 Å². The van der Waals surface area contributed by atoms with Crippen LogP contribution in [-0.2, 0) is 0 Å². The second-order valence-electron chi connectivity index (χ2n) is 6.06. The van der Waals surface area contributed by atoms with Crippen LogP contribution in [0.5, 0.6) is 5.75 Å². The topological polar surface area (TPSA) is 33.6 Å². The molecule has 0 atom stereocenters. The Morgan fingerprint density at radius 2 is 1.95 bits per heavy atom. The van der Waals surface area contributed by atoms with Gasteiger partial charge in [-0.2, -0.15) is 0 Å².